The monoisotopic (exact) mass is 325 g/mol. The lowest BCUT2D eigenvalue weighted by Gasteiger charge is -2.26. The molecule has 0 amide bonds. The number of hydrogen-bond acceptors (Lipinski definition) is 3. The Labute approximate surface area is 126 Å². The Kier molecular flexibility index (Phi) is 3.84. The lowest BCUT2D eigenvalue weighted by atomic mass is 10.0. The van der Waals surface area contributed by atoms with Crippen LogP contribution in [-0.4, -0.2) is 15.0 Å². The van der Waals surface area contributed by atoms with Gasteiger partial charge in [-0.05, 0) is 18.2 Å². The molecule has 3 rings (SSSR count). The first kappa shape index (κ1) is 14.9. The lowest BCUT2D eigenvalue weighted by Crippen LogP contribution is -2.32. The molecule has 1 unspecified atom stereocenters. The van der Waals surface area contributed by atoms with Crippen LogP contribution in [0.25, 0.3) is 0 Å². The fourth-order valence-corrected chi connectivity index (χ4v) is 3.69. The van der Waals surface area contributed by atoms with Gasteiger partial charge in [-0.1, -0.05) is 18.2 Å². The van der Waals surface area contributed by atoms with E-state index in [9.17, 15) is 17.2 Å². The molecule has 22 heavy (non-hydrogen) atoms. The Morgan fingerprint density at radius 3 is 2.50 bits per heavy atom. The van der Waals surface area contributed by atoms with E-state index in [1.807, 2.05) is 0 Å². The van der Waals surface area contributed by atoms with Crippen molar-refractivity contribution in [3.05, 3.63) is 59.7 Å². The molecule has 0 saturated heterocycles. The van der Waals surface area contributed by atoms with Gasteiger partial charge in [-0.15, -0.1) is 0 Å². The summed E-state index contributed by atoms with van der Waals surface area (Å²) in [5, 5.41) is 0. The normalized spacial score (nSPS) is 17.6. The maximum Gasteiger partial charge on any atom is 0.241 e. The van der Waals surface area contributed by atoms with Crippen molar-refractivity contribution in [2.45, 2.75) is 17.4 Å². The molecule has 0 saturated carbocycles. The third kappa shape index (κ3) is 2.95. The van der Waals surface area contributed by atoms with Crippen molar-refractivity contribution in [3.8, 4) is 5.75 Å². The van der Waals surface area contributed by atoms with Crippen LogP contribution < -0.4 is 9.46 Å². The predicted molar refractivity (Wildman–Crippen MR) is 76.0 cm³/mol. The second-order valence-electron chi connectivity index (χ2n) is 4.95. The van der Waals surface area contributed by atoms with Crippen LogP contribution in [0.2, 0.25) is 0 Å². The molecule has 1 heterocycles. The number of fused-ring (bicyclic) bond motifs is 1. The van der Waals surface area contributed by atoms with Crippen molar-refractivity contribution in [1.29, 1.82) is 0 Å². The Hall–Kier alpha value is -1.99. The third-order valence-corrected chi connectivity index (χ3v) is 4.85. The van der Waals surface area contributed by atoms with Crippen molar-refractivity contribution >= 4 is 10.0 Å². The van der Waals surface area contributed by atoms with Crippen LogP contribution in [0.3, 0.4) is 0 Å². The third-order valence-electron chi connectivity index (χ3n) is 3.40. The number of ether oxygens (including phenoxy) is 1. The summed E-state index contributed by atoms with van der Waals surface area (Å²) in [6.07, 6.45) is 0.439. The summed E-state index contributed by atoms with van der Waals surface area (Å²) >= 11 is 0. The van der Waals surface area contributed by atoms with Gasteiger partial charge in [-0.25, -0.2) is 21.9 Å². The van der Waals surface area contributed by atoms with Gasteiger partial charge in [-0.3, -0.25) is 0 Å². The number of halogens is 2. The first-order chi connectivity index (χ1) is 10.5. The molecule has 0 spiro atoms. The highest BCUT2D eigenvalue weighted by Crippen LogP contribution is 2.32. The van der Waals surface area contributed by atoms with Crippen LogP contribution in [0.5, 0.6) is 5.75 Å². The second kappa shape index (κ2) is 5.66. The molecule has 7 heteroatoms. The summed E-state index contributed by atoms with van der Waals surface area (Å²) in [5.41, 5.74) is 0.703. The van der Waals surface area contributed by atoms with Gasteiger partial charge in [-0.2, -0.15) is 0 Å². The summed E-state index contributed by atoms with van der Waals surface area (Å²) in [5.74, 6) is -1.27. The number of nitrogens with one attached hydrogen (secondary N) is 1. The molecule has 116 valence electrons. The topological polar surface area (TPSA) is 55.4 Å². The van der Waals surface area contributed by atoms with E-state index in [0.29, 0.717) is 30.4 Å². The summed E-state index contributed by atoms with van der Waals surface area (Å²) in [7, 11) is -4.03. The van der Waals surface area contributed by atoms with Crippen molar-refractivity contribution in [3.63, 3.8) is 0 Å². The highest BCUT2D eigenvalue weighted by atomic mass is 32.2. The molecule has 0 radical (unpaired) electrons. The van der Waals surface area contributed by atoms with Gasteiger partial charge >= 0.3 is 0 Å². The van der Waals surface area contributed by atoms with E-state index >= 15 is 0 Å². The maximum absolute atomic E-state index is 13.2. The Balaban J connectivity index is 1.93. The summed E-state index contributed by atoms with van der Waals surface area (Å²) in [6, 6.07) is 8.77. The van der Waals surface area contributed by atoms with E-state index in [2.05, 4.69) is 4.72 Å². The zero-order valence-corrected chi connectivity index (χ0v) is 12.2. The average Bonchev–Trinajstić information content (AvgIpc) is 2.46. The van der Waals surface area contributed by atoms with Gasteiger partial charge in [0.05, 0.1) is 17.5 Å². The number of hydrogen-bond donors (Lipinski definition) is 1. The molecule has 0 aromatic heterocycles. The summed E-state index contributed by atoms with van der Waals surface area (Å²) in [6.45, 7) is 0.363. The van der Waals surface area contributed by atoms with E-state index in [1.54, 1.807) is 24.3 Å². The summed E-state index contributed by atoms with van der Waals surface area (Å²) in [4.78, 5) is -0.436. The van der Waals surface area contributed by atoms with Crippen molar-refractivity contribution in [2.24, 2.45) is 0 Å². The Morgan fingerprint density at radius 2 is 1.77 bits per heavy atom. The van der Waals surface area contributed by atoms with Gasteiger partial charge in [0.2, 0.25) is 10.0 Å². The molecule has 4 nitrogen and oxygen atoms in total. The van der Waals surface area contributed by atoms with Crippen LogP contribution in [0.15, 0.2) is 47.4 Å². The fraction of sp³-hybridized carbons (Fsp3) is 0.200. The van der Waals surface area contributed by atoms with Crippen molar-refractivity contribution in [2.75, 3.05) is 6.61 Å². The van der Waals surface area contributed by atoms with Crippen LogP contribution in [0, 0.1) is 11.6 Å². The van der Waals surface area contributed by atoms with Crippen LogP contribution in [0.4, 0.5) is 8.78 Å². The molecule has 0 fully saturated rings. The predicted octanol–water partition coefficient (Wildman–Crippen LogP) is 2.77. The molecule has 2 aromatic carbocycles. The van der Waals surface area contributed by atoms with Gasteiger partial charge in [0.15, 0.2) is 0 Å². The highest BCUT2D eigenvalue weighted by Gasteiger charge is 2.27. The van der Waals surface area contributed by atoms with E-state index < -0.39 is 32.6 Å². The van der Waals surface area contributed by atoms with E-state index in [0.717, 1.165) is 12.1 Å². The van der Waals surface area contributed by atoms with E-state index in [-0.39, 0.29) is 0 Å². The number of para-hydroxylation sites is 1. The zero-order valence-electron chi connectivity index (χ0n) is 11.4. The van der Waals surface area contributed by atoms with E-state index in [4.69, 9.17) is 4.74 Å². The minimum absolute atomic E-state index is 0.363. The molecule has 2 aromatic rings. The Bertz CT molecular complexity index is 788. The number of sulfonamides is 1. The lowest BCUT2D eigenvalue weighted by molar-refractivity contribution is 0.263. The van der Waals surface area contributed by atoms with E-state index in [1.165, 1.54) is 0 Å². The molecule has 0 aliphatic carbocycles. The number of benzene rings is 2. The minimum atomic E-state index is -4.03. The first-order valence-corrected chi connectivity index (χ1v) is 8.14. The summed E-state index contributed by atoms with van der Waals surface area (Å²) < 4.78 is 59.0. The molecular weight excluding hydrogens is 312 g/mol. The standard InChI is InChI=1S/C15H13F2NO3S/c16-10-7-11(17)9-12(8-10)22(19,20)18-14-5-6-21-15-4-2-1-3-13(14)15/h1-4,7-9,14,18H,5-6H2. The van der Waals surface area contributed by atoms with Crippen LogP contribution in [-0.2, 0) is 10.0 Å². The molecule has 0 bridgehead atoms. The molecule has 1 aliphatic heterocycles. The smallest absolute Gasteiger partial charge is 0.241 e. The quantitative estimate of drug-likeness (QED) is 0.944. The maximum atomic E-state index is 13.2. The minimum Gasteiger partial charge on any atom is -0.493 e. The van der Waals surface area contributed by atoms with Gasteiger partial charge < -0.3 is 4.74 Å². The largest absolute Gasteiger partial charge is 0.493 e. The average molecular weight is 325 g/mol. The highest BCUT2D eigenvalue weighted by molar-refractivity contribution is 7.89. The molecule has 1 N–H and O–H groups in total. The second-order valence-corrected chi connectivity index (χ2v) is 6.67. The first-order valence-electron chi connectivity index (χ1n) is 6.66. The van der Waals surface area contributed by atoms with Crippen molar-refractivity contribution in [1.82, 2.24) is 4.72 Å². The van der Waals surface area contributed by atoms with Crippen molar-refractivity contribution < 1.29 is 21.9 Å². The molecule has 1 atom stereocenters. The fourth-order valence-electron chi connectivity index (χ4n) is 2.40. The Morgan fingerprint density at radius 1 is 1.09 bits per heavy atom. The van der Waals surface area contributed by atoms with Crippen LogP contribution >= 0.6 is 0 Å². The zero-order chi connectivity index (χ0) is 15.7. The van der Waals surface area contributed by atoms with Gasteiger partial charge in [0.1, 0.15) is 17.4 Å². The van der Waals surface area contributed by atoms with Gasteiger partial charge in [0.25, 0.3) is 0 Å². The van der Waals surface area contributed by atoms with Crippen LogP contribution in [0.1, 0.15) is 18.0 Å². The number of rotatable bonds is 3. The molecule has 1 aliphatic rings. The molecular formula is C15H13F2NO3S. The SMILES string of the molecule is O=S(=O)(NC1CCOc2ccccc21)c1cc(F)cc(F)c1. The van der Waals surface area contributed by atoms with Gasteiger partial charge in [0, 0.05) is 18.1 Å².